The second-order valence-corrected chi connectivity index (χ2v) is 9.41. The van der Waals surface area contributed by atoms with Crippen molar-refractivity contribution in [1.82, 2.24) is 20.1 Å². The van der Waals surface area contributed by atoms with Gasteiger partial charge in [0.25, 0.3) is 11.8 Å². The molecule has 0 radical (unpaired) electrons. The molecule has 7 nitrogen and oxygen atoms in total. The minimum Gasteiger partial charge on any atom is -0.347 e. The van der Waals surface area contributed by atoms with Gasteiger partial charge < -0.3 is 10.6 Å². The molecule has 0 unspecified atom stereocenters. The Hall–Kier alpha value is -3.22. The second kappa shape index (κ2) is 8.49. The number of hydrogen-bond acceptors (Lipinski definition) is 4. The predicted octanol–water partition coefficient (Wildman–Crippen LogP) is 4.92. The maximum Gasteiger partial charge on any atom is 0.256 e. The Morgan fingerprint density at radius 1 is 1.00 bits per heavy atom. The lowest BCUT2D eigenvalue weighted by Crippen LogP contribution is -2.40. The Kier molecular flexibility index (Phi) is 6.15. The van der Waals surface area contributed by atoms with E-state index in [0.29, 0.717) is 22.5 Å². The molecule has 31 heavy (non-hydrogen) atoms. The Labute approximate surface area is 183 Å². The third kappa shape index (κ3) is 5.10. The van der Waals surface area contributed by atoms with E-state index in [-0.39, 0.29) is 29.3 Å². The lowest BCUT2D eigenvalue weighted by Gasteiger charge is -2.20. The second-order valence-electron chi connectivity index (χ2n) is 9.41. The minimum absolute atomic E-state index is 0.134. The molecule has 0 saturated carbocycles. The van der Waals surface area contributed by atoms with Gasteiger partial charge >= 0.3 is 0 Å². The Balaban J connectivity index is 1.89. The number of amides is 2. The highest BCUT2D eigenvalue weighted by molar-refractivity contribution is 6.12. The van der Waals surface area contributed by atoms with Crippen LogP contribution in [0.5, 0.6) is 0 Å². The Bertz CT molecular complexity index is 1110. The molecule has 2 N–H and O–H groups in total. The molecule has 3 rings (SSSR count). The number of rotatable bonds is 5. The molecule has 0 bridgehead atoms. The van der Waals surface area contributed by atoms with Crippen molar-refractivity contribution in [2.45, 2.75) is 66.0 Å². The van der Waals surface area contributed by atoms with Crippen LogP contribution in [0.3, 0.4) is 0 Å². The van der Waals surface area contributed by atoms with Crippen molar-refractivity contribution >= 4 is 28.5 Å². The molecule has 164 valence electrons. The highest BCUT2D eigenvalue weighted by Crippen LogP contribution is 2.25. The highest BCUT2D eigenvalue weighted by atomic mass is 16.2. The van der Waals surface area contributed by atoms with E-state index in [4.69, 9.17) is 4.98 Å². The highest BCUT2D eigenvalue weighted by Gasteiger charge is 2.20. The standard InChI is InChI=1S/C24H31N5O2/c1-14(2)20-12-18(19-13-25-29(15(3)4)21(19)27-20)23(31)26-17-10-8-16(9-11-17)22(30)28-24(5,6)7/h8-15H,1-7H3,(H,26,31)(H,28,30). The molecule has 0 spiro atoms. The van der Waals surface area contributed by atoms with Crippen LogP contribution in [-0.4, -0.2) is 32.1 Å². The van der Waals surface area contributed by atoms with Gasteiger partial charge in [-0.3, -0.25) is 9.59 Å². The fourth-order valence-electron chi connectivity index (χ4n) is 3.22. The van der Waals surface area contributed by atoms with Crippen LogP contribution in [0.4, 0.5) is 5.69 Å². The summed E-state index contributed by atoms with van der Waals surface area (Å²) in [5, 5.41) is 11.0. The number of hydrogen-bond donors (Lipinski definition) is 2. The predicted molar refractivity (Wildman–Crippen MR) is 124 cm³/mol. The van der Waals surface area contributed by atoms with Crippen molar-refractivity contribution in [3.63, 3.8) is 0 Å². The van der Waals surface area contributed by atoms with Gasteiger partial charge in [0.05, 0.1) is 17.1 Å². The molecule has 0 fully saturated rings. The van der Waals surface area contributed by atoms with E-state index < -0.39 is 0 Å². The summed E-state index contributed by atoms with van der Waals surface area (Å²) < 4.78 is 1.83. The lowest BCUT2D eigenvalue weighted by molar-refractivity contribution is 0.0919. The molecule has 0 aliphatic rings. The molecule has 0 aliphatic heterocycles. The summed E-state index contributed by atoms with van der Waals surface area (Å²) in [6.07, 6.45) is 1.70. The number of nitrogens with zero attached hydrogens (tertiary/aromatic N) is 3. The van der Waals surface area contributed by atoms with Gasteiger partial charge in [0.1, 0.15) is 0 Å². The zero-order valence-electron chi connectivity index (χ0n) is 19.3. The van der Waals surface area contributed by atoms with E-state index in [1.54, 1.807) is 30.5 Å². The van der Waals surface area contributed by atoms with Crippen molar-refractivity contribution in [2.24, 2.45) is 0 Å². The van der Waals surface area contributed by atoms with Crippen LogP contribution in [0.2, 0.25) is 0 Å². The van der Waals surface area contributed by atoms with Crippen molar-refractivity contribution in [3.8, 4) is 0 Å². The summed E-state index contributed by atoms with van der Waals surface area (Å²) in [5.74, 6) is -0.208. The summed E-state index contributed by atoms with van der Waals surface area (Å²) in [4.78, 5) is 30.2. The van der Waals surface area contributed by atoms with Gasteiger partial charge in [-0.25, -0.2) is 9.67 Å². The number of carbonyl (C=O) groups excluding carboxylic acids is 2. The van der Waals surface area contributed by atoms with Gasteiger partial charge in [-0.2, -0.15) is 5.10 Å². The van der Waals surface area contributed by atoms with Gasteiger partial charge in [0, 0.05) is 28.5 Å². The number of pyridine rings is 1. The van der Waals surface area contributed by atoms with E-state index in [1.807, 2.05) is 59.2 Å². The van der Waals surface area contributed by atoms with Gasteiger partial charge in [-0.15, -0.1) is 0 Å². The number of aromatic nitrogens is 3. The van der Waals surface area contributed by atoms with Crippen molar-refractivity contribution in [2.75, 3.05) is 5.32 Å². The summed E-state index contributed by atoms with van der Waals surface area (Å²) in [7, 11) is 0. The average molecular weight is 422 g/mol. The summed E-state index contributed by atoms with van der Waals surface area (Å²) >= 11 is 0. The Morgan fingerprint density at radius 3 is 2.19 bits per heavy atom. The molecule has 2 heterocycles. The van der Waals surface area contributed by atoms with Crippen LogP contribution in [0, 0.1) is 0 Å². The van der Waals surface area contributed by atoms with E-state index in [1.165, 1.54) is 0 Å². The molecule has 7 heteroatoms. The van der Waals surface area contributed by atoms with Crippen LogP contribution < -0.4 is 10.6 Å². The topological polar surface area (TPSA) is 88.9 Å². The first-order chi connectivity index (χ1) is 14.5. The van der Waals surface area contributed by atoms with Crippen molar-refractivity contribution < 1.29 is 9.59 Å². The lowest BCUT2D eigenvalue weighted by atomic mass is 10.0. The molecule has 2 aromatic heterocycles. The smallest absolute Gasteiger partial charge is 0.256 e. The van der Waals surface area contributed by atoms with Gasteiger partial charge in [-0.05, 0) is 70.9 Å². The quantitative estimate of drug-likeness (QED) is 0.612. The average Bonchev–Trinajstić information content (AvgIpc) is 3.10. The maximum absolute atomic E-state index is 13.1. The van der Waals surface area contributed by atoms with Gasteiger partial charge in [0.2, 0.25) is 0 Å². The molecular formula is C24H31N5O2. The molecule has 0 aliphatic carbocycles. The summed E-state index contributed by atoms with van der Waals surface area (Å²) in [5.41, 5.74) is 2.93. The van der Waals surface area contributed by atoms with Gasteiger partial charge in [0.15, 0.2) is 5.65 Å². The van der Waals surface area contributed by atoms with E-state index in [2.05, 4.69) is 15.7 Å². The number of anilines is 1. The number of nitrogens with one attached hydrogen (secondary N) is 2. The molecule has 2 amide bonds. The third-order valence-electron chi connectivity index (χ3n) is 4.81. The zero-order chi connectivity index (χ0) is 22.9. The summed E-state index contributed by atoms with van der Waals surface area (Å²) in [6.45, 7) is 14.0. The van der Waals surface area contributed by atoms with Crippen LogP contribution in [-0.2, 0) is 0 Å². The molecule has 3 aromatic rings. The van der Waals surface area contributed by atoms with Crippen molar-refractivity contribution in [1.29, 1.82) is 0 Å². The number of fused-ring (bicyclic) bond motifs is 1. The first-order valence-electron chi connectivity index (χ1n) is 10.6. The zero-order valence-corrected chi connectivity index (χ0v) is 19.3. The SMILES string of the molecule is CC(C)c1cc(C(=O)Nc2ccc(C(=O)NC(C)(C)C)cc2)c2cnn(C(C)C)c2n1. The maximum atomic E-state index is 13.1. The van der Waals surface area contributed by atoms with E-state index in [0.717, 1.165) is 11.1 Å². The first kappa shape index (κ1) is 22.5. The molecule has 1 aromatic carbocycles. The molecular weight excluding hydrogens is 390 g/mol. The fourth-order valence-corrected chi connectivity index (χ4v) is 3.22. The molecule has 0 atom stereocenters. The van der Waals surface area contributed by atoms with Crippen LogP contribution in [0.25, 0.3) is 11.0 Å². The number of benzene rings is 1. The largest absolute Gasteiger partial charge is 0.347 e. The first-order valence-corrected chi connectivity index (χ1v) is 10.6. The normalized spacial score (nSPS) is 11.9. The van der Waals surface area contributed by atoms with Gasteiger partial charge in [-0.1, -0.05) is 13.8 Å². The van der Waals surface area contributed by atoms with E-state index in [9.17, 15) is 9.59 Å². The van der Waals surface area contributed by atoms with Crippen LogP contribution in [0.15, 0.2) is 36.5 Å². The van der Waals surface area contributed by atoms with E-state index >= 15 is 0 Å². The van der Waals surface area contributed by atoms with Crippen LogP contribution in [0.1, 0.15) is 86.8 Å². The van der Waals surface area contributed by atoms with Crippen molar-refractivity contribution in [3.05, 3.63) is 53.3 Å². The molecule has 0 saturated heterocycles. The monoisotopic (exact) mass is 421 g/mol. The Morgan fingerprint density at radius 2 is 1.65 bits per heavy atom. The fraction of sp³-hybridized carbons (Fsp3) is 0.417. The number of carbonyl (C=O) groups is 2. The minimum atomic E-state index is -0.314. The summed E-state index contributed by atoms with van der Waals surface area (Å²) in [6, 6.07) is 8.84. The van der Waals surface area contributed by atoms with Crippen LogP contribution >= 0.6 is 0 Å². The third-order valence-corrected chi connectivity index (χ3v) is 4.81.